The number of nitrogens with one attached hydrogen (secondary N) is 1. The van der Waals surface area contributed by atoms with Crippen LogP contribution in [0.2, 0.25) is 0 Å². The Hall–Kier alpha value is -2.44. The molecule has 1 atom stereocenters. The van der Waals surface area contributed by atoms with Gasteiger partial charge in [0.1, 0.15) is 0 Å². The van der Waals surface area contributed by atoms with E-state index in [1.165, 1.54) is 6.92 Å². The van der Waals surface area contributed by atoms with Crippen LogP contribution in [0, 0.1) is 0 Å². The molecular weight excluding hydrogens is 470 g/mol. The normalized spacial score (nSPS) is 22.7. The molecule has 1 aromatic carbocycles. The minimum atomic E-state index is -3.09. The Morgan fingerprint density at radius 3 is 2.74 bits per heavy atom. The zero-order valence-corrected chi connectivity index (χ0v) is 20.8. The summed E-state index contributed by atoms with van der Waals surface area (Å²) in [5.74, 6) is -0.234. The molecule has 10 nitrogen and oxygen atoms in total. The van der Waals surface area contributed by atoms with Gasteiger partial charge in [-0.2, -0.15) is 15.7 Å². The highest BCUT2D eigenvalue weighted by Crippen LogP contribution is 2.60. The summed E-state index contributed by atoms with van der Waals surface area (Å²) in [6.45, 7) is 6.50. The predicted molar refractivity (Wildman–Crippen MR) is 133 cm³/mol. The van der Waals surface area contributed by atoms with Gasteiger partial charge >= 0.3 is 0 Å². The van der Waals surface area contributed by atoms with Crippen molar-refractivity contribution >= 4 is 22.4 Å². The van der Waals surface area contributed by atoms with Crippen LogP contribution in [-0.2, 0) is 15.3 Å². The van der Waals surface area contributed by atoms with Gasteiger partial charge < -0.3 is 15.0 Å². The highest BCUT2D eigenvalue weighted by Gasteiger charge is 2.39. The minimum absolute atomic E-state index is 0.0102. The van der Waals surface area contributed by atoms with Gasteiger partial charge in [-0.15, -0.1) is 0 Å². The van der Waals surface area contributed by atoms with E-state index in [1.54, 1.807) is 11.0 Å². The first kappa shape index (κ1) is 24.3. The average Bonchev–Trinajstić information content (AvgIpc) is 3.23. The molecule has 0 bridgehead atoms. The maximum atomic E-state index is 13.6. The van der Waals surface area contributed by atoms with E-state index >= 15 is 0 Å². The summed E-state index contributed by atoms with van der Waals surface area (Å²) in [5.41, 5.74) is 2.48. The van der Waals surface area contributed by atoms with Crippen molar-refractivity contribution in [2.45, 2.75) is 36.5 Å². The summed E-state index contributed by atoms with van der Waals surface area (Å²) in [5, 5.41) is 7.74. The largest absolute Gasteiger partial charge is 0.378 e. The fourth-order valence-corrected chi connectivity index (χ4v) is 6.94. The van der Waals surface area contributed by atoms with Crippen LogP contribution in [0.3, 0.4) is 0 Å². The summed E-state index contributed by atoms with van der Waals surface area (Å²) in [4.78, 5) is 29.4. The fraction of sp³-hybridized carbons (Fsp3) is 0.542. The van der Waals surface area contributed by atoms with Crippen molar-refractivity contribution in [1.82, 2.24) is 24.9 Å². The Kier molecular flexibility index (Phi) is 6.86. The Bertz CT molecular complexity index is 1110. The molecular formula is C24H33N5O5S. The number of likely N-dealkylation sites (tertiary alicyclic amines) is 1. The summed E-state index contributed by atoms with van der Waals surface area (Å²) in [6, 6.07) is 7.37. The third-order valence-electron chi connectivity index (χ3n) is 6.98. The number of morpholine rings is 1. The quantitative estimate of drug-likeness (QED) is 0.573. The molecule has 0 radical (unpaired) electrons. The lowest BCUT2D eigenvalue weighted by Crippen LogP contribution is -2.42. The van der Waals surface area contributed by atoms with Crippen molar-refractivity contribution in [3.05, 3.63) is 35.5 Å². The second kappa shape index (κ2) is 9.90. The number of hydrogen-bond acceptors (Lipinski definition) is 7. The van der Waals surface area contributed by atoms with E-state index in [2.05, 4.69) is 10.2 Å². The number of benzene rings is 1. The Morgan fingerprint density at radius 1 is 1.20 bits per heavy atom. The number of rotatable bonds is 5. The number of nitrogens with zero attached hydrogens (tertiary/aromatic N) is 4. The smallest absolute Gasteiger partial charge is 0.274 e. The van der Waals surface area contributed by atoms with Gasteiger partial charge in [-0.25, -0.2) is 0 Å². The van der Waals surface area contributed by atoms with Crippen LogP contribution in [0.1, 0.15) is 41.9 Å². The highest BCUT2D eigenvalue weighted by atomic mass is 32.3. The standard InChI is InChI=1S/C24H33N5O5S/c1-17(30)25-8-10-27-9-4-5-18(15-27)29-23-19-6-2-3-7-21(19)35(32,33)16-20(23)22(26-29)24(31)28-11-13-34-14-12-28/h2-3,6-7,18,32-33H,4-5,8-16H2,1H3,(H,25,30). The van der Waals surface area contributed by atoms with Gasteiger partial charge in [0.05, 0.1) is 35.6 Å². The molecule has 3 aliphatic rings. The van der Waals surface area contributed by atoms with Gasteiger partial charge in [-0.1, -0.05) is 18.2 Å². The van der Waals surface area contributed by atoms with E-state index in [9.17, 15) is 18.7 Å². The van der Waals surface area contributed by atoms with E-state index in [0.717, 1.165) is 43.7 Å². The average molecular weight is 504 g/mol. The van der Waals surface area contributed by atoms with E-state index < -0.39 is 10.6 Å². The number of piperidine rings is 1. The van der Waals surface area contributed by atoms with Crippen LogP contribution in [0.4, 0.5) is 0 Å². The molecule has 0 spiro atoms. The number of hydrogen-bond donors (Lipinski definition) is 3. The second-order valence-corrected chi connectivity index (χ2v) is 11.5. The molecule has 4 heterocycles. The van der Waals surface area contributed by atoms with E-state index in [1.807, 2.05) is 22.9 Å². The molecule has 2 amide bonds. The summed E-state index contributed by atoms with van der Waals surface area (Å²) < 4.78 is 29.4. The first-order valence-corrected chi connectivity index (χ1v) is 13.9. The third-order valence-corrected chi connectivity index (χ3v) is 8.73. The molecule has 2 saturated heterocycles. The van der Waals surface area contributed by atoms with E-state index in [4.69, 9.17) is 9.84 Å². The molecule has 1 unspecified atom stereocenters. The molecule has 5 rings (SSSR count). The number of fused-ring (bicyclic) bond motifs is 3. The third kappa shape index (κ3) is 4.83. The predicted octanol–water partition coefficient (Wildman–Crippen LogP) is 2.42. The topological polar surface area (TPSA) is 120 Å². The number of aromatic nitrogens is 2. The van der Waals surface area contributed by atoms with E-state index in [0.29, 0.717) is 49.0 Å². The minimum Gasteiger partial charge on any atom is -0.378 e. The fourth-order valence-electron chi connectivity index (χ4n) is 5.29. The zero-order valence-electron chi connectivity index (χ0n) is 20.0. The highest BCUT2D eigenvalue weighted by molar-refractivity contribution is 8.23. The van der Waals surface area contributed by atoms with Crippen molar-refractivity contribution in [2.24, 2.45) is 0 Å². The van der Waals surface area contributed by atoms with Gasteiger partial charge in [0.15, 0.2) is 5.69 Å². The van der Waals surface area contributed by atoms with Gasteiger partial charge in [-0.3, -0.25) is 28.3 Å². The van der Waals surface area contributed by atoms with Gasteiger partial charge in [0.25, 0.3) is 5.91 Å². The van der Waals surface area contributed by atoms with Crippen LogP contribution in [0.5, 0.6) is 0 Å². The lowest BCUT2D eigenvalue weighted by Gasteiger charge is -2.39. The van der Waals surface area contributed by atoms with Crippen molar-refractivity contribution in [3.63, 3.8) is 0 Å². The molecule has 0 aliphatic carbocycles. The monoisotopic (exact) mass is 503 g/mol. The number of carbonyl (C=O) groups is 2. The Balaban J connectivity index is 1.53. The number of amides is 2. The lowest BCUT2D eigenvalue weighted by molar-refractivity contribution is -0.119. The maximum Gasteiger partial charge on any atom is 0.274 e. The van der Waals surface area contributed by atoms with Gasteiger partial charge in [0.2, 0.25) is 5.91 Å². The van der Waals surface area contributed by atoms with Crippen LogP contribution >= 0.6 is 10.6 Å². The molecule has 190 valence electrons. The van der Waals surface area contributed by atoms with E-state index in [-0.39, 0.29) is 23.6 Å². The number of carbonyl (C=O) groups excluding carboxylic acids is 2. The molecule has 35 heavy (non-hydrogen) atoms. The van der Waals surface area contributed by atoms with Crippen LogP contribution in [-0.4, -0.2) is 93.0 Å². The summed E-state index contributed by atoms with van der Waals surface area (Å²) >= 11 is 0. The van der Waals surface area contributed by atoms with Crippen LogP contribution < -0.4 is 5.32 Å². The molecule has 0 saturated carbocycles. The zero-order chi connectivity index (χ0) is 24.6. The first-order valence-electron chi connectivity index (χ1n) is 12.2. The maximum absolute atomic E-state index is 13.6. The van der Waals surface area contributed by atoms with Crippen molar-refractivity contribution in [2.75, 3.05) is 52.5 Å². The first-order chi connectivity index (χ1) is 16.8. The molecule has 2 aromatic rings. The van der Waals surface area contributed by atoms with Crippen molar-refractivity contribution in [1.29, 1.82) is 0 Å². The number of ether oxygens (including phenoxy) is 1. The van der Waals surface area contributed by atoms with Gasteiger partial charge in [0, 0.05) is 50.8 Å². The summed E-state index contributed by atoms with van der Waals surface area (Å²) in [6.07, 6.45) is 1.89. The SMILES string of the molecule is CC(=O)NCCN1CCCC(n2nc(C(=O)N3CCOCC3)c3c2-c2ccccc2S(O)(O)C3)C1. The second-order valence-electron chi connectivity index (χ2n) is 9.41. The van der Waals surface area contributed by atoms with Gasteiger partial charge in [-0.05, 0) is 25.5 Å². The van der Waals surface area contributed by atoms with Crippen LogP contribution in [0.25, 0.3) is 11.3 Å². The van der Waals surface area contributed by atoms with Crippen molar-refractivity contribution in [3.8, 4) is 11.3 Å². The lowest BCUT2D eigenvalue weighted by atomic mass is 10.0. The molecule has 2 fully saturated rings. The Labute approximate surface area is 206 Å². The summed E-state index contributed by atoms with van der Waals surface area (Å²) in [7, 11) is -3.09. The van der Waals surface area contributed by atoms with Crippen molar-refractivity contribution < 1.29 is 23.4 Å². The van der Waals surface area contributed by atoms with Crippen LogP contribution in [0.15, 0.2) is 29.2 Å². The molecule has 3 aliphatic heterocycles. The molecule has 11 heteroatoms. The Morgan fingerprint density at radius 2 is 1.97 bits per heavy atom. The molecule has 1 aromatic heterocycles. The molecule has 3 N–H and O–H groups in total.